The Morgan fingerprint density at radius 2 is 1.57 bits per heavy atom. The molecule has 7 nitrogen and oxygen atoms in total. The number of carbonyl (C=O) groups is 1. The normalized spacial score (nSPS) is 12.9. The summed E-state index contributed by atoms with van der Waals surface area (Å²) in [6.07, 6.45) is 12.3. The second-order valence-electron chi connectivity index (χ2n) is 15.1. The third-order valence-electron chi connectivity index (χ3n) is 8.86. The summed E-state index contributed by atoms with van der Waals surface area (Å²) in [5.74, 6) is 0.296. The maximum Gasteiger partial charge on any atom is 0.344 e. The zero-order valence-electron chi connectivity index (χ0n) is 29.6. The number of aliphatic carboxylic acids is 1. The van der Waals surface area contributed by atoms with E-state index in [0.29, 0.717) is 35.1 Å². The predicted molar refractivity (Wildman–Crippen MR) is 193 cm³/mol. The number of carboxylic acid groups (broad SMARTS) is 1. The van der Waals surface area contributed by atoms with Gasteiger partial charge in [0.2, 0.25) is 0 Å². The molecule has 0 saturated carbocycles. The molecular weight excluding hydrogens is 608 g/mol. The lowest BCUT2D eigenvalue weighted by Gasteiger charge is -2.23. The van der Waals surface area contributed by atoms with Crippen molar-refractivity contribution in [2.24, 2.45) is 0 Å². The minimum atomic E-state index is -0.913. The first kappa shape index (κ1) is 36.5. The number of hydrogen-bond donors (Lipinski definition) is 2. The summed E-state index contributed by atoms with van der Waals surface area (Å²) < 4.78 is 7.92. The predicted octanol–water partition coefficient (Wildman–Crippen LogP) is 10.7. The van der Waals surface area contributed by atoms with Crippen molar-refractivity contribution in [2.75, 3.05) is 0 Å². The van der Waals surface area contributed by atoms with Gasteiger partial charge in [0.05, 0.1) is 5.69 Å². The van der Waals surface area contributed by atoms with Crippen LogP contribution in [0.5, 0.6) is 5.75 Å². The molecule has 0 saturated heterocycles. The Labute approximate surface area is 286 Å². The summed E-state index contributed by atoms with van der Waals surface area (Å²) in [5.41, 5.74) is 5.35. The van der Waals surface area contributed by atoms with E-state index in [2.05, 4.69) is 77.8 Å². The van der Waals surface area contributed by atoms with Gasteiger partial charge in [0.15, 0.2) is 17.6 Å². The Balaban J connectivity index is 1.47. The Hall–Kier alpha value is -3.32. The molecule has 0 spiro atoms. The molecule has 1 unspecified atom stereocenters. The maximum atomic E-state index is 12.3. The highest BCUT2D eigenvalue weighted by Gasteiger charge is 2.25. The van der Waals surface area contributed by atoms with E-state index < -0.39 is 12.1 Å². The minimum absolute atomic E-state index is 0.0655. The Morgan fingerprint density at radius 3 is 2.17 bits per heavy atom. The molecule has 0 radical (unpaired) electrons. The van der Waals surface area contributed by atoms with Gasteiger partial charge in [0.25, 0.3) is 0 Å². The highest BCUT2D eigenvalue weighted by atomic mass is 35.5. The number of carboxylic acids is 1. The standard InChI is InChI=1S/C39H55ClN4O3/c1-8-9-10-11-12-13-14-15-16-17-21-32(37(45)46)47-31-23-22-30(38(2,3)4)26-29(31)25-27-19-18-20-28(24-27)35-41-36-33(40)34(39(5,6)7)42-44(36)43-35/h18-20,22-24,26,32,42H,8-17,21,25H2,1-7H3,(H,45,46). The lowest BCUT2D eigenvalue weighted by atomic mass is 9.85. The summed E-state index contributed by atoms with van der Waals surface area (Å²) in [6.45, 7) is 15.1. The third kappa shape index (κ3) is 10.1. The van der Waals surface area contributed by atoms with E-state index in [1.54, 1.807) is 4.63 Å². The number of ether oxygens (including phenoxy) is 1. The molecular formula is C39H55ClN4O3. The summed E-state index contributed by atoms with van der Waals surface area (Å²) in [6, 6.07) is 14.3. The summed E-state index contributed by atoms with van der Waals surface area (Å²) >= 11 is 6.68. The average Bonchev–Trinajstić information content (AvgIpc) is 3.57. The minimum Gasteiger partial charge on any atom is -0.479 e. The van der Waals surface area contributed by atoms with Gasteiger partial charge in [-0.15, -0.1) is 5.10 Å². The smallest absolute Gasteiger partial charge is 0.344 e. The van der Waals surface area contributed by atoms with Crippen LogP contribution in [0.2, 0.25) is 5.02 Å². The van der Waals surface area contributed by atoms with E-state index in [4.69, 9.17) is 26.4 Å². The van der Waals surface area contributed by atoms with Crippen molar-refractivity contribution in [1.29, 1.82) is 0 Å². The molecule has 2 heterocycles. The lowest BCUT2D eigenvalue weighted by Crippen LogP contribution is -2.27. The van der Waals surface area contributed by atoms with Gasteiger partial charge >= 0.3 is 5.97 Å². The van der Waals surface area contributed by atoms with Gasteiger partial charge in [-0.3, -0.25) is 5.10 Å². The van der Waals surface area contributed by atoms with Crippen LogP contribution in [0.1, 0.15) is 141 Å². The van der Waals surface area contributed by atoms with Gasteiger partial charge in [-0.05, 0) is 47.1 Å². The molecule has 1 atom stereocenters. The van der Waals surface area contributed by atoms with Crippen molar-refractivity contribution in [3.05, 3.63) is 69.9 Å². The van der Waals surface area contributed by atoms with Crippen LogP contribution in [0.25, 0.3) is 17.0 Å². The van der Waals surface area contributed by atoms with E-state index in [0.717, 1.165) is 41.6 Å². The largest absolute Gasteiger partial charge is 0.479 e. The molecule has 4 aromatic rings. The van der Waals surface area contributed by atoms with Crippen LogP contribution in [0.15, 0.2) is 42.5 Å². The fourth-order valence-corrected chi connectivity index (χ4v) is 6.41. The number of unbranched alkanes of at least 4 members (excludes halogenated alkanes) is 9. The van der Waals surface area contributed by atoms with Gasteiger partial charge in [0.1, 0.15) is 10.8 Å². The van der Waals surface area contributed by atoms with Crippen molar-refractivity contribution in [1.82, 2.24) is 19.8 Å². The quantitative estimate of drug-likeness (QED) is 0.110. The van der Waals surface area contributed by atoms with E-state index in [1.807, 2.05) is 18.2 Å². The van der Waals surface area contributed by atoms with E-state index in [-0.39, 0.29) is 10.8 Å². The maximum absolute atomic E-state index is 12.3. The monoisotopic (exact) mass is 662 g/mol. The Kier molecular flexibility index (Phi) is 12.6. The zero-order chi connectivity index (χ0) is 34.2. The molecule has 0 aliphatic heterocycles. The number of nitrogens with zero attached hydrogens (tertiary/aromatic N) is 3. The number of benzene rings is 2. The summed E-state index contributed by atoms with van der Waals surface area (Å²) in [7, 11) is 0. The SMILES string of the molecule is CCCCCCCCCCCCC(Oc1ccc(C(C)(C)C)cc1Cc1cccc(-c2nc3c(Cl)c(C(C)(C)C)[nH]n3n2)c1)C(=O)O. The summed E-state index contributed by atoms with van der Waals surface area (Å²) in [4.78, 5) is 17.0. The molecule has 2 aromatic heterocycles. The molecule has 2 aromatic carbocycles. The van der Waals surface area contributed by atoms with Crippen LogP contribution in [0.4, 0.5) is 0 Å². The lowest BCUT2D eigenvalue weighted by molar-refractivity contribution is -0.145. The topological polar surface area (TPSA) is 92.5 Å². The van der Waals surface area contributed by atoms with Crippen LogP contribution in [0.3, 0.4) is 0 Å². The second kappa shape index (κ2) is 16.2. The van der Waals surface area contributed by atoms with Crippen molar-refractivity contribution in [3.8, 4) is 17.1 Å². The van der Waals surface area contributed by atoms with Crippen molar-refractivity contribution >= 4 is 23.2 Å². The van der Waals surface area contributed by atoms with Crippen molar-refractivity contribution < 1.29 is 14.6 Å². The van der Waals surface area contributed by atoms with E-state index in [1.165, 1.54) is 50.5 Å². The molecule has 2 N–H and O–H groups in total. The number of nitrogens with one attached hydrogen (secondary N) is 1. The molecule has 0 amide bonds. The second-order valence-corrected chi connectivity index (χ2v) is 15.5. The van der Waals surface area contributed by atoms with Crippen LogP contribution in [-0.4, -0.2) is 37.0 Å². The molecule has 47 heavy (non-hydrogen) atoms. The molecule has 0 bridgehead atoms. The van der Waals surface area contributed by atoms with Gasteiger partial charge < -0.3 is 9.84 Å². The summed E-state index contributed by atoms with van der Waals surface area (Å²) in [5, 5.41) is 18.6. The number of aromatic nitrogens is 4. The Morgan fingerprint density at radius 1 is 0.915 bits per heavy atom. The molecule has 8 heteroatoms. The third-order valence-corrected chi connectivity index (χ3v) is 9.22. The van der Waals surface area contributed by atoms with Crippen molar-refractivity contribution in [3.63, 3.8) is 0 Å². The first-order valence-electron chi connectivity index (χ1n) is 17.5. The fraction of sp³-hybridized carbons (Fsp3) is 0.564. The van der Waals surface area contributed by atoms with Crippen LogP contribution < -0.4 is 4.74 Å². The molecule has 0 fully saturated rings. The molecule has 256 valence electrons. The first-order valence-corrected chi connectivity index (χ1v) is 17.9. The number of aromatic amines is 1. The van der Waals surface area contributed by atoms with Gasteiger partial charge in [-0.2, -0.15) is 4.63 Å². The molecule has 0 aliphatic rings. The van der Waals surface area contributed by atoms with Crippen molar-refractivity contribution in [2.45, 2.75) is 142 Å². The van der Waals surface area contributed by atoms with Crippen LogP contribution in [0, 0.1) is 0 Å². The Bertz CT molecular complexity index is 1610. The number of hydrogen-bond acceptors (Lipinski definition) is 4. The molecule has 0 aliphatic carbocycles. The van der Waals surface area contributed by atoms with Gasteiger partial charge in [0, 0.05) is 17.4 Å². The van der Waals surface area contributed by atoms with Crippen LogP contribution in [-0.2, 0) is 22.0 Å². The number of rotatable bonds is 17. The fourth-order valence-electron chi connectivity index (χ4n) is 5.96. The number of H-pyrrole nitrogens is 1. The molecule has 4 rings (SSSR count). The van der Waals surface area contributed by atoms with Gasteiger partial charge in [-0.25, -0.2) is 9.78 Å². The number of fused-ring (bicyclic) bond motifs is 1. The zero-order valence-corrected chi connectivity index (χ0v) is 30.3. The highest BCUT2D eigenvalue weighted by molar-refractivity contribution is 6.34. The van der Waals surface area contributed by atoms with Crippen LogP contribution >= 0.6 is 11.6 Å². The first-order chi connectivity index (χ1) is 22.3. The average molecular weight is 663 g/mol. The van der Waals surface area contributed by atoms with E-state index >= 15 is 0 Å². The van der Waals surface area contributed by atoms with E-state index in [9.17, 15) is 9.90 Å². The van der Waals surface area contributed by atoms with Gasteiger partial charge in [-0.1, -0.05) is 148 Å². The highest BCUT2D eigenvalue weighted by Crippen LogP contribution is 2.33. The number of halogens is 1.